The molecule has 6 nitrogen and oxygen atoms in total. The van der Waals surface area contributed by atoms with Gasteiger partial charge in [-0.2, -0.15) is 5.10 Å². The van der Waals surface area contributed by atoms with Gasteiger partial charge >= 0.3 is 5.97 Å². The van der Waals surface area contributed by atoms with Crippen molar-refractivity contribution in [3.8, 4) is 5.88 Å². The molecular weight excluding hydrogens is 188 g/mol. The molecule has 1 aliphatic heterocycles. The Balaban J connectivity index is 2.25. The van der Waals surface area contributed by atoms with E-state index in [4.69, 9.17) is 14.6 Å². The minimum absolute atomic E-state index is 0.00301. The van der Waals surface area contributed by atoms with Gasteiger partial charge in [0.05, 0.1) is 6.54 Å². The molecule has 2 heterocycles. The van der Waals surface area contributed by atoms with Gasteiger partial charge in [0, 0.05) is 13.2 Å². The lowest BCUT2D eigenvalue weighted by Gasteiger charge is -2.22. The average molecular weight is 198 g/mol. The van der Waals surface area contributed by atoms with E-state index in [1.165, 1.54) is 10.7 Å². The highest BCUT2D eigenvalue weighted by Crippen LogP contribution is 2.19. The van der Waals surface area contributed by atoms with Gasteiger partial charge in [0.25, 0.3) is 0 Å². The number of aromatic nitrogens is 2. The molecule has 0 aromatic carbocycles. The number of hydrogen-bond acceptors (Lipinski definition) is 4. The Morgan fingerprint density at radius 3 is 3.29 bits per heavy atom. The molecule has 0 bridgehead atoms. The molecule has 0 saturated heterocycles. The van der Waals surface area contributed by atoms with Crippen LogP contribution in [0, 0.1) is 0 Å². The van der Waals surface area contributed by atoms with Crippen molar-refractivity contribution in [2.45, 2.75) is 12.6 Å². The molecule has 1 unspecified atom stereocenters. The molecule has 0 amide bonds. The maximum absolute atomic E-state index is 10.6. The van der Waals surface area contributed by atoms with E-state index in [0.717, 1.165) is 0 Å². The van der Waals surface area contributed by atoms with Crippen LogP contribution >= 0.6 is 0 Å². The minimum Gasteiger partial charge on any atom is -0.476 e. The van der Waals surface area contributed by atoms with E-state index < -0.39 is 5.97 Å². The number of hydrogen-bond donors (Lipinski definition) is 1. The van der Waals surface area contributed by atoms with Crippen molar-refractivity contribution in [2.75, 3.05) is 13.7 Å². The lowest BCUT2D eigenvalue weighted by atomic mass is 10.3. The summed E-state index contributed by atoms with van der Waals surface area (Å²) < 4.78 is 11.9. The standard InChI is InChI=1S/C8H10N2O4/c1-13-5-3-10-7(14-4-5)2-6(9-10)8(11)12/h2,5H,3-4H2,1H3,(H,11,12). The van der Waals surface area contributed by atoms with Crippen LogP contribution in [0.3, 0.4) is 0 Å². The number of carboxylic acid groups (broad SMARTS) is 1. The SMILES string of the molecule is COC1COc2cc(C(=O)O)nn2C1. The molecule has 0 spiro atoms. The summed E-state index contributed by atoms with van der Waals surface area (Å²) in [4.78, 5) is 10.6. The van der Waals surface area contributed by atoms with Crippen molar-refractivity contribution < 1.29 is 19.4 Å². The number of rotatable bonds is 2. The minimum atomic E-state index is -1.05. The number of aromatic carboxylic acids is 1. The smallest absolute Gasteiger partial charge is 0.356 e. The fourth-order valence-corrected chi connectivity index (χ4v) is 1.32. The predicted octanol–water partition coefficient (Wildman–Crippen LogP) is -0.0113. The summed E-state index contributed by atoms with van der Waals surface area (Å²) in [6, 6.07) is 1.41. The van der Waals surface area contributed by atoms with Crippen LogP contribution in [0.25, 0.3) is 0 Å². The molecule has 2 rings (SSSR count). The zero-order valence-electron chi connectivity index (χ0n) is 7.64. The van der Waals surface area contributed by atoms with E-state index in [9.17, 15) is 4.79 Å². The van der Waals surface area contributed by atoms with Crippen LogP contribution in [-0.4, -0.2) is 40.7 Å². The van der Waals surface area contributed by atoms with Gasteiger partial charge in [0.15, 0.2) is 5.69 Å². The van der Waals surface area contributed by atoms with Crippen molar-refractivity contribution in [1.82, 2.24) is 9.78 Å². The normalized spacial score (nSPS) is 19.9. The Morgan fingerprint density at radius 2 is 2.64 bits per heavy atom. The predicted molar refractivity (Wildman–Crippen MR) is 45.5 cm³/mol. The molecular formula is C8H10N2O4. The Morgan fingerprint density at radius 1 is 1.86 bits per heavy atom. The van der Waals surface area contributed by atoms with Crippen LogP contribution in [0.2, 0.25) is 0 Å². The molecule has 1 aromatic heterocycles. The van der Waals surface area contributed by atoms with Crippen molar-refractivity contribution in [1.29, 1.82) is 0 Å². The first-order chi connectivity index (χ1) is 6.70. The van der Waals surface area contributed by atoms with Gasteiger partial charge in [0.1, 0.15) is 12.7 Å². The van der Waals surface area contributed by atoms with Crippen LogP contribution in [0.4, 0.5) is 0 Å². The quantitative estimate of drug-likeness (QED) is 0.723. The van der Waals surface area contributed by atoms with E-state index >= 15 is 0 Å². The second-order valence-electron chi connectivity index (χ2n) is 3.02. The lowest BCUT2D eigenvalue weighted by Crippen LogP contribution is -2.31. The summed E-state index contributed by atoms with van der Waals surface area (Å²) in [7, 11) is 1.58. The molecule has 76 valence electrons. The Hall–Kier alpha value is -1.56. The summed E-state index contributed by atoms with van der Waals surface area (Å²) in [5.74, 6) is -0.569. The maximum atomic E-state index is 10.6. The number of nitrogens with zero attached hydrogens (tertiary/aromatic N) is 2. The second-order valence-corrected chi connectivity index (χ2v) is 3.02. The van der Waals surface area contributed by atoms with Gasteiger partial charge in [0.2, 0.25) is 5.88 Å². The second kappa shape index (κ2) is 3.30. The molecule has 0 radical (unpaired) electrons. The third kappa shape index (κ3) is 1.44. The van der Waals surface area contributed by atoms with Gasteiger partial charge in [-0.1, -0.05) is 0 Å². The third-order valence-corrected chi connectivity index (χ3v) is 2.09. The molecule has 1 atom stereocenters. The van der Waals surface area contributed by atoms with Crippen LogP contribution in [0.5, 0.6) is 5.88 Å². The summed E-state index contributed by atoms with van der Waals surface area (Å²) in [5.41, 5.74) is -0.00301. The van der Waals surface area contributed by atoms with Crippen LogP contribution in [0.15, 0.2) is 6.07 Å². The zero-order valence-corrected chi connectivity index (χ0v) is 7.64. The number of methoxy groups -OCH3 is 1. The van der Waals surface area contributed by atoms with Crippen LogP contribution < -0.4 is 4.74 Å². The topological polar surface area (TPSA) is 73.6 Å². The van der Waals surface area contributed by atoms with E-state index in [-0.39, 0.29) is 11.8 Å². The number of ether oxygens (including phenoxy) is 2. The molecule has 0 fully saturated rings. The Labute approximate surface area is 80.0 Å². The zero-order chi connectivity index (χ0) is 10.1. The van der Waals surface area contributed by atoms with Gasteiger partial charge in [-0.05, 0) is 0 Å². The van der Waals surface area contributed by atoms with Crippen molar-refractivity contribution in [2.24, 2.45) is 0 Å². The van der Waals surface area contributed by atoms with Crippen LogP contribution in [0.1, 0.15) is 10.5 Å². The summed E-state index contributed by atoms with van der Waals surface area (Å²) in [5, 5.41) is 12.6. The summed E-state index contributed by atoms with van der Waals surface area (Å²) in [6.45, 7) is 0.959. The van der Waals surface area contributed by atoms with Gasteiger partial charge < -0.3 is 14.6 Å². The fraction of sp³-hybridized carbons (Fsp3) is 0.500. The van der Waals surface area contributed by atoms with E-state index in [1.54, 1.807) is 7.11 Å². The lowest BCUT2D eigenvalue weighted by molar-refractivity contribution is 0.0178. The third-order valence-electron chi connectivity index (χ3n) is 2.09. The highest BCUT2D eigenvalue weighted by Gasteiger charge is 2.22. The van der Waals surface area contributed by atoms with Crippen molar-refractivity contribution >= 4 is 5.97 Å². The highest BCUT2D eigenvalue weighted by atomic mass is 16.5. The van der Waals surface area contributed by atoms with E-state index in [0.29, 0.717) is 19.0 Å². The van der Waals surface area contributed by atoms with Gasteiger partial charge in [-0.3, -0.25) is 0 Å². The monoisotopic (exact) mass is 198 g/mol. The first-order valence-corrected chi connectivity index (χ1v) is 4.17. The first-order valence-electron chi connectivity index (χ1n) is 4.17. The summed E-state index contributed by atoms with van der Waals surface area (Å²) in [6.07, 6.45) is -0.0657. The van der Waals surface area contributed by atoms with Crippen molar-refractivity contribution in [3.05, 3.63) is 11.8 Å². The molecule has 0 aliphatic carbocycles. The molecule has 1 aromatic rings. The fourth-order valence-electron chi connectivity index (χ4n) is 1.32. The molecule has 6 heteroatoms. The van der Waals surface area contributed by atoms with E-state index in [1.807, 2.05) is 0 Å². The van der Waals surface area contributed by atoms with Crippen LogP contribution in [-0.2, 0) is 11.3 Å². The summed E-state index contributed by atoms with van der Waals surface area (Å²) >= 11 is 0. The highest BCUT2D eigenvalue weighted by molar-refractivity contribution is 5.85. The largest absolute Gasteiger partial charge is 0.476 e. The molecule has 1 N–H and O–H groups in total. The molecule has 1 aliphatic rings. The average Bonchev–Trinajstić information content (AvgIpc) is 2.59. The number of fused-ring (bicyclic) bond motifs is 1. The molecule has 0 saturated carbocycles. The van der Waals surface area contributed by atoms with Gasteiger partial charge in [-0.15, -0.1) is 0 Å². The first kappa shape index (κ1) is 9.01. The van der Waals surface area contributed by atoms with Crippen molar-refractivity contribution in [3.63, 3.8) is 0 Å². The van der Waals surface area contributed by atoms with E-state index in [2.05, 4.69) is 5.10 Å². The number of carboxylic acids is 1. The Kier molecular flexibility index (Phi) is 2.12. The molecule has 14 heavy (non-hydrogen) atoms. The number of carbonyl (C=O) groups is 1. The Bertz CT molecular complexity index is 360. The maximum Gasteiger partial charge on any atom is 0.356 e. The van der Waals surface area contributed by atoms with Gasteiger partial charge in [-0.25, -0.2) is 9.48 Å².